The van der Waals surface area contributed by atoms with Crippen molar-refractivity contribution < 1.29 is 33.6 Å². The third-order valence-electron chi connectivity index (χ3n) is 8.06. The maximum absolute atomic E-state index is 11.4. The molecule has 220 valence electrons. The van der Waals surface area contributed by atoms with Crippen LogP contribution in [0.3, 0.4) is 0 Å². The lowest BCUT2D eigenvalue weighted by molar-refractivity contribution is -0.193. The van der Waals surface area contributed by atoms with E-state index < -0.39 is 0 Å². The van der Waals surface area contributed by atoms with Gasteiger partial charge in [0, 0.05) is 38.6 Å². The number of hydrogen-bond donors (Lipinski definition) is 1. The largest absolute Gasteiger partial charge is 0.469 e. The van der Waals surface area contributed by atoms with Gasteiger partial charge in [0.1, 0.15) is 0 Å². The molecule has 2 saturated heterocycles. The molecule has 7 atom stereocenters. The molecule has 7 heteroatoms. The first-order valence-electron chi connectivity index (χ1n) is 15.1. The SMILES string of the molecule is CC#CCCC(C=C[C@@H]1[C@@H](CC=CCCCC(=O)OC)[C@H](CO)C[C@H]1OC1CCCCO1)OC1CCCCO1. The lowest BCUT2D eigenvalue weighted by atomic mass is 9.85. The van der Waals surface area contributed by atoms with Gasteiger partial charge < -0.3 is 28.8 Å². The van der Waals surface area contributed by atoms with Crippen molar-refractivity contribution in [2.24, 2.45) is 17.8 Å². The first-order valence-corrected chi connectivity index (χ1v) is 15.1. The minimum Gasteiger partial charge on any atom is -0.469 e. The number of rotatable bonds is 15. The molecular formula is C32H50O7. The monoisotopic (exact) mass is 546 g/mol. The van der Waals surface area contributed by atoms with E-state index in [0.29, 0.717) is 6.42 Å². The highest BCUT2D eigenvalue weighted by Gasteiger charge is 2.43. The van der Waals surface area contributed by atoms with Gasteiger partial charge in [0.2, 0.25) is 0 Å². The van der Waals surface area contributed by atoms with Crippen LogP contribution in [0.15, 0.2) is 24.3 Å². The van der Waals surface area contributed by atoms with Gasteiger partial charge >= 0.3 is 5.97 Å². The maximum Gasteiger partial charge on any atom is 0.305 e. The lowest BCUT2D eigenvalue weighted by Crippen LogP contribution is -2.31. The first-order chi connectivity index (χ1) is 19.1. The summed E-state index contributed by atoms with van der Waals surface area (Å²) in [5.74, 6) is 6.53. The maximum atomic E-state index is 11.4. The summed E-state index contributed by atoms with van der Waals surface area (Å²) in [6, 6.07) is 0. The van der Waals surface area contributed by atoms with E-state index in [9.17, 15) is 9.90 Å². The molecule has 3 fully saturated rings. The van der Waals surface area contributed by atoms with Gasteiger partial charge in [-0.15, -0.1) is 11.8 Å². The molecule has 2 heterocycles. The molecule has 1 aliphatic carbocycles. The molecule has 0 radical (unpaired) electrons. The van der Waals surface area contributed by atoms with Gasteiger partial charge in [0.25, 0.3) is 0 Å². The van der Waals surface area contributed by atoms with Crippen molar-refractivity contribution in [1.29, 1.82) is 0 Å². The first kappa shape index (κ1) is 31.8. The Morgan fingerprint density at radius 3 is 2.54 bits per heavy atom. The fourth-order valence-corrected chi connectivity index (χ4v) is 5.86. The Bertz CT molecular complexity index is 801. The smallest absolute Gasteiger partial charge is 0.305 e. The van der Waals surface area contributed by atoms with E-state index in [-0.39, 0.29) is 55.1 Å². The third kappa shape index (κ3) is 11.4. The number of carbonyl (C=O) groups is 1. The van der Waals surface area contributed by atoms with Gasteiger partial charge in [0.05, 0.1) is 19.3 Å². The highest BCUT2D eigenvalue weighted by atomic mass is 16.7. The molecule has 0 spiro atoms. The van der Waals surface area contributed by atoms with Crippen molar-refractivity contribution in [3.8, 4) is 11.8 Å². The normalized spacial score (nSPS) is 30.3. The summed E-state index contributed by atoms with van der Waals surface area (Å²) in [5, 5.41) is 10.3. The van der Waals surface area contributed by atoms with Crippen LogP contribution in [-0.4, -0.2) is 62.8 Å². The Morgan fingerprint density at radius 1 is 1.10 bits per heavy atom. The fourth-order valence-electron chi connectivity index (χ4n) is 5.86. The standard InChI is InChI=1S/C32H50O7/c1-3-4-7-14-26(38-31-17-10-12-21-36-31)19-20-28-27(15-8-5-6-9-16-30(34)35-2)25(24-33)23-29(28)39-32-18-11-13-22-37-32/h5,8,19-20,25-29,31-33H,6-7,9-18,21-24H2,1-2H3/t25-,26?,27-,28+,29+,31?,32?/m0/s1. The van der Waals surface area contributed by atoms with Crippen LogP contribution in [0.2, 0.25) is 0 Å². The number of aliphatic hydroxyl groups excluding tert-OH is 1. The predicted molar refractivity (Wildman–Crippen MR) is 151 cm³/mol. The average molecular weight is 547 g/mol. The Hall–Kier alpha value is -1.69. The molecule has 3 aliphatic rings. The number of esters is 1. The van der Waals surface area contributed by atoms with Crippen molar-refractivity contribution in [1.82, 2.24) is 0 Å². The Labute approximate surface area is 235 Å². The van der Waals surface area contributed by atoms with Crippen molar-refractivity contribution in [2.45, 2.75) is 115 Å². The van der Waals surface area contributed by atoms with Gasteiger partial charge in [-0.3, -0.25) is 4.79 Å². The zero-order valence-corrected chi connectivity index (χ0v) is 24.1. The molecular weight excluding hydrogens is 496 g/mol. The second kappa shape index (κ2) is 18.6. The lowest BCUT2D eigenvalue weighted by Gasteiger charge is -2.30. The minimum absolute atomic E-state index is 0.0127. The summed E-state index contributed by atoms with van der Waals surface area (Å²) in [4.78, 5) is 11.4. The van der Waals surface area contributed by atoms with Crippen LogP contribution in [-0.2, 0) is 28.5 Å². The molecule has 0 aromatic carbocycles. The van der Waals surface area contributed by atoms with Crippen LogP contribution in [0.1, 0.15) is 90.4 Å². The molecule has 0 aromatic heterocycles. The van der Waals surface area contributed by atoms with Crippen LogP contribution in [0.5, 0.6) is 0 Å². The molecule has 1 saturated carbocycles. The molecule has 3 rings (SSSR count). The van der Waals surface area contributed by atoms with E-state index in [1.165, 1.54) is 7.11 Å². The van der Waals surface area contributed by atoms with Gasteiger partial charge in [-0.25, -0.2) is 0 Å². The summed E-state index contributed by atoms with van der Waals surface area (Å²) >= 11 is 0. The van der Waals surface area contributed by atoms with Gasteiger partial charge in [-0.2, -0.15) is 0 Å². The van der Waals surface area contributed by atoms with Crippen LogP contribution in [0.4, 0.5) is 0 Å². The quantitative estimate of drug-likeness (QED) is 0.122. The number of aliphatic hydroxyl groups is 1. The van der Waals surface area contributed by atoms with Gasteiger partial charge in [0.15, 0.2) is 12.6 Å². The molecule has 0 bridgehead atoms. The van der Waals surface area contributed by atoms with E-state index in [1.807, 2.05) is 6.92 Å². The Kier molecular flexibility index (Phi) is 15.2. The molecule has 1 N–H and O–H groups in total. The van der Waals surface area contributed by atoms with E-state index in [4.69, 9.17) is 23.7 Å². The third-order valence-corrected chi connectivity index (χ3v) is 8.06. The molecule has 0 aromatic rings. The number of carbonyl (C=O) groups excluding carboxylic acids is 1. The minimum atomic E-state index is -0.172. The summed E-state index contributed by atoms with van der Waals surface area (Å²) in [5.41, 5.74) is 0. The Balaban J connectivity index is 1.70. The number of methoxy groups -OCH3 is 1. The summed E-state index contributed by atoms with van der Waals surface area (Å²) in [6.45, 7) is 3.50. The molecule has 3 unspecified atom stereocenters. The summed E-state index contributed by atoms with van der Waals surface area (Å²) in [7, 11) is 1.42. The Morgan fingerprint density at radius 2 is 1.87 bits per heavy atom. The van der Waals surface area contributed by atoms with E-state index in [0.717, 1.165) is 90.3 Å². The van der Waals surface area contributed by atoms with Gasteiger partial charge in [-0.1, -0.05) is 24.3 Å². The van der Waals surface area contributed by atoms with Crippen molar-refractivity contribution >= 4 is 5.97 Å². The van der Waals surface area contributed by atoms with E-state index in [2.05, 4.69) is 36.1 Å². The summed E-state index contributed by atoms with van der Waals surface area (Å²) in [6.07, 6.45) is 19.9. The zero-order chi connectivity index (χ0) is 27.7. The van der Waals surface area contributed by atoms with E-state index >= 15 is 0 Å². The van der Waals surface area contributed by atoms with Crippen LogP contribution >= 0.6 is 0 Å². The number of hydrogen-bond acceptors (Lipinski definition) is 7. The topological polar surface area (TPSA) is 83.5 Å². The van der Waals surface area contributed by atoms with E-state index in [1.54, 1.807) is 0 Å². The molecule has 39 heavy (non-hydrogen) atoms. The average Bonchev–Trinajstić information content (AvgIpc) is 3.30. The number of unbranched alkanes of at least 4 members (excludes halogenated alkanes) is 1. The number of allylic oxidation sites excluding steroid dienone is 2. The van der Waals surface area contributed by atoms with Crippen LogP contribution in [0, 0.1) is 29.6 Å². The fraction of sp³-hybridized carbons (Fsp3) is 0.781. The molecule has 0 amide bonds. The van der Waals surface area contributed by atoms with Crippen molar-refractivity contribution in [3.63, 3.8) is 0 Å². The predicted octanol–water partition coefficient (Wildman–Crippen LogP) is 5.70. The van der Waals surface area contributed by atoms with Crippen LogP contribution in [0.25, 0.3) is 0 Å². The zero-order valence-electron chi connectivity index (χ0n) is 24.1. The van der Waals surface area contributed by atoms with Crippen molar-refractivity contribution in [2.75, 3.05) is 26.9 Å². The van der Waals surface area contributed by atoms with Crippen molar-refractivity contribution in [3.05, 3.63) is 24.3 Å². The summed E-state index contributed by atoms with van der Waals surface area (Å²) < 4.78 is 29.4. The van der Waals surface area contributed by atoms with Crippen LogP contribution < -0.4 is 0 Å². The molecule has 2 aliphatic heterocycles. The molecule has 7 nitrogen and oxygen atoms in total. The number of ether oxygens (including phenoxy) is 5. The van der Waals surface area contributed by atoms with Gasteiger partial charge in [-0.05, 0) is 89.4 Å². The highest BCUT2D eigenvalue weighted by molar-refractivity contribution is 5.69. The highest BCUT2D eigenvalue weighted by Crippen LogP contribution is 2.43. The second-order valence-electron chi connectivity index (χ2n) is 10.9. The second-order valence-corrected chi connectivity index (χ2v) is 10.9.